The number of imide groups is 1. The van der Waals surface area contributed by atoms with E-state index >= 15 is 0 Å². The number of nitrogens with two attached hydrogens (primary N) is 1. The minimum absolute atomic E-state index is 0.407. The Morgan fingerprint density at radius 3 is 2.30 bits per heavy atom. The molecule has 54 valence electrons. The molecular weight excluding hydrogens is 154 g/mol. The monoisotopic (exact) mass is 159 g/mol. The Hall–Kier alpha value is -1.22. The first-order chi connectivity index (χ1) is 4.59. The molecule has 0 saturated carbocycles. The van der Waals surface area contributed by atoms with Crippen molar-refractivity contribution in [1.82, 2.24) is 4.31 Å². The summed E-state index contributed by atoms with van der Waals surface area (Å²) in [4.78, 5) is 20.7. The lowest BCUT2D eigenvalue weighted by Gasteiger charge is -2.07. The van der Waals surface area contributed by atoms with E-state index in [1.54, 1.807) is 5.40 Å². The average Bonchev–Trinajstić information content (AvgIpc) is 1.81. The van der Waals surface area contributed by atoms with Crippen LogP contribution in [0.3, 0.4) is 0 Å². The molecule has 5 nitrogen and oxygen atoms in total. The van der Waals surface area contributed by atoms with Crippen LogP contribution in [0, 0.1) is 10.7 Å². The number of thiocyanates is 1. The van der Waals surface area contributed by atoms with E-state index in [1.807, 2.05) is 0 Å². The van der Waals surface area contributed by atoms with Crippen molar-refractivity contribution in [3.8, 4) is 5.40 Å². The Kier molecular flexibility index (Phi) is 3.28. The summed E-state index contributed by atoms with van der Waals surface area (Å²) in [6.07, 6.45) is 0. The summed E-state index contributed by atoms with van der Waals surface area (Å²) in [7, 11) is 0. The number of urea groups is 1. The fourth-order valence-electron chi connectivity index (χ4n) is 0.305. The normalized spacial score (nSPS) is 8.00. The van der Waals surface area contributed by atoms with E-state index < -0.39 is 11.9 Å². The highest BCUT2D eigenvalue weighted by molar-refractivity contribution is 8.02. The van der Waals surface area contributed by atoms with Crippen LogP contribution in [0.15, 0.2) is 0 Å². The standard InChI is InChI=1S/C4H5N3O2S/c1-3(8)7(4(6)9)10-2-5/h1H3,(H2,6,9). The molecule has 0 aliphatic heterocycles. The number of hydrogen-bond donors (Lipinski definition) is 1. The van der Waals surface area contributed by atoms with E-state index in [2.05, 4.69) is 0 Å². The highest BCUT2D eigenvalue weighted by Gasteiger charge is 2.14. The first kappa shape index (κ1) is 8.78. The molecule has 3 amide bonds. The Bertz CT molecular complexity index is 183. The van der Waals surface area contributed by atoms with E-state index in [0.29, 0.717) is 16.3 Å². The van der Waals surface area contributed by atoms with Gasteiger partial charge in [0, 0.05) is 6.92 Å². The molecule has 10 heavy (non-hydrogen) atoms. The third-order valence-electron chi connectivity index (χ3n) is 0.618. The van der Waals surface area contributed by atoms with Crippen LogP contribution < -0.4 is 5.73 Å². The lowest BCUT2D eigenvalue weighted by atomic mass is 10.7. The summed E-state index contributed by atoms with van der Waals surface area (Å²) in [6, 6.07) is -0.931. The molecule has 0 radical (unpaired) electrons. The van der Waals surface area contributed by atoms with Crippen LogP contribution in [-0.4, -0.2) is 16.2 Å². The van der Waals surface area contributed by atoms with Crippen LogP contribution in [-0.2, 0) is 4.79 Å². The molecule has 0 fully saturated rings. The van der Waals surface area contributed by atoms with Gasteiger partial charge in [-0.3, -0.25) is 4.79 Å². The second kappa shape index (κ2) is 3.74. The van der Waals surface area contributed by atoms with Gasteiger partial charge in [0.1, 0.15) is 0 Å². The second-order valence-electron chi connectivity index (χ2n) is 1.33. The van der Waals surface area contributed by atoms with Crippen LogP contribution in [0.5, 0.6) is 0 Å². The maximum atomic E-state index is 10.4. The van der Waals surface area contributed by atoms with Gasteiger partial charge in [0.25, 0.3) is 0 Å². The molecule has 6 heteroatoms. The zero-order valence-electron chi connectivity index (χ0n) is 5.20. The molecule has 0 aromatic rings. The summed E-state index contributed by atoms with van der Waals surface area (Å²) < 4.78 is 0.569. The first-order valence-corrected chi connectivity index (χ1v) is 3.03. The Morgan fingerprint density at radius 2 is 2.20 bits per heavy atom. The van der Waals surface area contributed by atoms with Crippen molar-refractivity contribution >= 4 is 23.9 Å². The average molecular weight is 159 g/mol. The van der Waals surface area contributed by atoms with E-state index in [9.17, 15) is 9.59 Å². The van der Waals surface area contributed by atoms with E-state index in [-0.39, 0.29) is 0 Å². The van der Waals surface area contributed by atoms with Crippen molar-refractivity contribution in [2.75, 3.05) is 0 Å². The van der Waals surface area contributed by atoms with E-state index in [1.165, 1.54) is 0 Å². The molecule has 0 spiro atoms. The van der Waals surface area contributed by atoms with Crippen molar-refractivity contribution in [2.24, 2.45) is 5.73 Å². The Morgan fingerprint density at radius 1 is 1.70 bits per heavy atom. The fourth-order valence-corrected chi connectivity index (χ4v) is 0.605. The molecule has 0 unspecified atom stereocenters. The van der Waals surface area contributed by atoms with Gasteiger partial charge < -0.3 is 5.73 Å². The Labute approximate surface area is 61.9 Å². The van der Waals surface area contributed by atoms with Gasteiger partial charge in [0.2, 0.25) is 5.91 Å². The summed E-state index contributed by atoms with van der Waals surface area (Å²) in [5, 5.41) is 9.60. The molecule has 0 heterocycles. The number of rotatable bonds is 1. The van der Waals surface area contributed by atoms with Crippen molar-refractivity contribution in [2.45, 2.75) is 6.92 Å². The number of carbonyl (C=O) groups excluding carboxylic acids is 2. The van der Waals surface area contributed by atoms with Crippen molar-refractivity contribution < 1.29 is 9.59 Å². The lowest BCUT2D eigenvalue weighted by Crippen LogP contribution is -2.33. The topological polar surface area (TPSA) is 87.2 Å². The van der Waals surface area contributed by atoms with Crippen molar-refractivity contribution in [3.05, 3.63) is 0 Å². The van der Waals surface area contributed by atoms with Gasteiger partial charge in [-0.15, -0.1) is 0 Å². The maximum Gasteiger partial charge on any atom is 0.332 e. The van der Waals surface area contributed by atoms with Gasteiger partial charge in [-0.25, -0.2) is 4.79 Å². The first-order valence-electron chi connectivity index (χ1n) is 2.25. The molecule has 0 bridgehead atoms. The van der Waals surface area contributed by atoms with Gasteiger partial charge >= 0.3 is 6.03 Å². The molecule has 0 aliphatic carbocycles. The predicted molar refractivity (Wildman–Crippen MR) is 35.3 cm³/mol. The van der Waals surface area contributed by atoms with Gasteiger partial charge in [-0.05, 0) is 0 Å². The predicted octanol–water partition coefficient (Wildman–Crippen LogP) is 0.0429. The molecule has 0 aliphatic rings. The number of nitriles is 1. The molecule has 0 atom stereocenters. The summed E-state index contributed by atoms with van der Waals surface area (Å²) in [6.45, 7) is 1.15. The largest absolute Gasteiger partial charge is 0.350 e. The smallest absolute Gasteiger partial charge is 0.332 e. The molecular formula is C4H5N3O2S. The van der Waals surface area contributed by atoms with Gasteiger partial charge in [0.15, 0.2) is 5.40 Å². The number of hydrogen-bond acceptors (Lipinski definition) is 4. The summed E-state index contributed by atoms with van der Waals surface area (Å²) >= 11 is 0.407. The van der Waals surface area contributed by atoms with Gasteiger partial charge in [-0.2, -0.15) is 9.57 Å². The molecule has 2 N–H and O–H groups in total. The van der Waals surface area contributed by atoms with Crippen LogP contribution in [0.1, 0.15) is 6.92 Å². The molecule has 0 saturated heterocycles. The number of nitrogens with zero attached hydrogens (tertiary/aromatic N) is 2. The van der Waals surface area contributed by atoms with E-state index in [0.717, 1.165) is 6.92 Å². The molecule has 0 aromatic carbocycles. The highest BCUT2D eigenvalue weighted by atomic mass is 32.2. The minimum atomic E-state index is -0.931. The summed E-state index contributed by atoms with van der Waals surface area (Å²) in [5.41, 5.74) is 4.72. The zero-order valence-corrected chi connectivity index (χ0v) is 6.01. The minimum Gasteiger partial charge on any atom is -0.350 e. The van der Waals surface area contributed by atoms with Crippen LogP contribution >= 0.6 is 11.9 Å². The quantitative estimate of drug-likeness (QED) is 0.432. The second-order valence-corrected chi connectivity index (χ2v) is 2.06. The SMILES string of the molecule is CC(=O)N(SC#N)C(N)=O. The summed E-state index contributed by atoms with van der Waals surface area (Å²) in [5.74, 6) is -0.556. The van der Waals surface area contributed by atoms with Gasteiger partial charge in [-0.1, -0.05) is 0 Å². The third-order valence-corrected chi connectivity index (χ3v) is 1.32. The number of carbonyl (C=O) groups is 2. The fraction of sp³-hybridized carbons (Fsp3) is 0.250. The van der Waals surface area contributed by atoms with Gasteiger partial charge in [0.05, 0.1) is 11.9 Å². The maximum absolute atomic E-state index is 10.4. The lowest BCUT2D eigenvalue weighted by molar-refractivity contribution is -0.121. The van der Waals surface area contributed by atoms with Crippen LogP contribution in [0.4, 0.5) is 4.79 Å². The van der Waals surface area contributed by atoms with Crippen molar-refractivity contribution in [1.29, 1.82) is 5.26 Å². The number of amides is 3. The molecule has 0 rings (SSSR count). The molecule has 0 aromatic heterocycles. The van der Waals surface area contributed by atoms with Crippen molar-refractivity contribution in [3.63, 3.8) is 0 Å². The van der Waals surface area contributed by atoms with Crippen LogP contribution in [0.25, 0.3) is 0 Å². The number of primary amides is 1. The van der Waals surface area contributed by atoms with Crippen LogP contribution in [0.2, 0.25) is 0 Å². The third kappa shape index (κ3) is 2.37. The zero-order chi connectivity index (χ0) is 8.15. The Balaban J connectivity index is 4.15. The van der Waals surface area contributed by atoms with E-state index in [4.69, 9.17) is 11.0 Å². The highest BCUT2D eigenvalue weighted by Crippen LogP contribution is 2.06.